The highest BCUT2D eigenvalue weighted by atomic mass is 32.2. The maximum atomic E-state index is 12.4. The summed E-state index contributed by atoms with van der Waals surface area (Å²) >= 11 is 0. The van der Waals surface area contributed by atoms with Crippen LogP contribution in [0.1, 0.15) is 29.3 Å². The van der Waals surface area contributed by atoms with Crippen molar-refractivity contribution in [2.45, 2.75) is 17.9 Å². The van der Waals surface area contributed by atoms with E-state index in [0.717, 1.165) is 9.87 Å². The topological polar surface area (TPSA) is 103 Å². The molecule has 0 fully saturated rings. The molecule has 1 aromatic heterocycles. The van der Waals surface area contributed by atoms with Crippen molar-refractivity contribution in [3.05, 3.63) is 66.1 Å². The van der Waals surface area contributed by atoms with Crippen LogP contribution in [-0.2, 0) is 14.8 Å². The van der Waals surface area contributed by atoms with Gasteiger partial charge in [-0.05, 0) is 37.3 Å². The lowest BCUT2D eigenvalue weighted by Crippen LogP contribution is -2.22. The van der Waals surface area contributed by atoms with Crippen molar-refractivity contribution < 1.29 is 22.4 Å². The zero-order valence-corrected chi connectivity index (χ0v) is 16.4. The van der Waals surface area contributed by atoms with Gasteiger partial charge in [-0.25, -0.2) is 17.5 Å². The van der Waals surface area contributed by atoms with Gasteiger partial charge in [-0.15, -0.1) is 10.2 Å². The number of ether oxygens (including phenoxy) is 1. The second kappa shape index (κ2) is 7.91. The van der Waals surface area contributed by atoms with Gasteiger partial charge in [-0.1, -0.05) is 24.3 Å². The summed E-state index contributed by atoms with van der Waals surface area (Å²) in [6, 6.07) is 14.9. The molecule has 0 aliphatic heterocycles. The van der Waals surface area contributed by atoms with Crippen LogP contribution in [0, 0.1) is 0 Å². The third kappa shape index (κ3) is 4.10. The Morgan fingerprint density at radius 1 is 1.07 bits per heavy atom. The normalized spacial score (nSPS) is 12.7. The summed E-state index contributed by atoms with van der Waals surface area (Å²) in [5.41, 5.74) is 0.860. The van der Waals surface area contributed by atoms with Crippen LogP contribution in [0.5, 0.6) is 0 Å². The van der Waals surface area contributed by atoms with Gasteiger partial charge in [0.15, 0.2) is 6.10 Å². The quantitative estimate of drug-likeness (QED) is 0.585. The highest BCUT2D eigenvalue weighted by molar-refractivity contribution is 7.89. The van der Waals surface area contributed by atoms with Gasteiger partial charge in [0.1, 0.15) is 0 Å². The molecule has 0 aliphatic carbocycles. The third-order valence-corrected chi connectivity index (χ3v) is 5.75. The number of aromatic nitrogens is 2. The van der Waals surface area contributed by atoms with Crippen molar-refractivity contribution in [1.29, 1.82) is 0 Å². The first-order chi connectivity index (χ1) is 13.3. The molecule has 146 valence electrons. The van der Waals surface area contributed by atoms with Crippen molar-refractivity contribution in [1.82, 2.24) is 14.5 Å². The monoisotopic (exact) mass is 401 g/mol. The molecule has 0 N–H and O–H groups in total. The first kappa shape index (κ1) is 19.7. The summed E-state index contributed by atoms with van der Waals surface area (Å²) in [7, 11) is -0.818. The second-order valence-corrected chi connectivity index (χ2v) is 8.33. The van der Waals surface area contributed by atoms with Crippen molar-refractivity contribution >= 4 is 16.0 Å². The highest BCUT2D eigenvalue weighted by Gasteiger charge is 2.22. The molecule has 8 nitrogen and oxygen atoms in total. The molecule has 0 spiro atoms. The van der Waals surface area contributed by atoms with Crippen molar-refractivity contribution in [3.8, 4) is 11.5 Å². The lowest BCUT2D eigenvalue weighted by Gasteiger charge is -2.13. The van der Waals surface area contributed by atoms with E-state index in [1.54, 1.807) is 6.92 Å². The molecule has 0 saturated heterocycles. The predicted octanol–water partition coefficient (Wildman–Crippen LogP) is 2.90. The van der Waals surface area contributed by atoms with Crippen LogP contribution in [0.4, 0.5) is 0 Å². The van der Waals surface area contributed by atoms with E-state index in [1.807, 2.05) is 30.3 Å². The lowest BCUT2D eigenvalue weighted by atomic mass is 10.2. The maximum absolute atomic E-state index is 12.4. The van der Waals surface area contributed by atoms with Crippen LogP contribution in [0.25, 0.3) is 11.5 Å². The van der Waals surface area contributed by atoms with Gasteiger partial charge in [0.25, 0.3) is 5.89 Å². The number of hydrogen-bond acceptors (Lipinski definition) is 7. The van der Waals surface area contributed by atoms with E-state index < -0.39 is 22.1 Å². The van der Waals surface area contributed by atoms with E-state index in [0.29, 0.717) is 5.89 Å². The summed E-state index contributed by atoms with van der Waals surface area (Å²) in [5.74, 6) is -0.232. The Balaban J connectivity index is 1.76. The Hall–Kier alpha value is -3.04. The van der Waals surface area contributed by atoms with E-state index >= 15 is 0 Å². The highest BCUT2D eigenvalue weighted by Crippen LogP contribution is 2.23. The van der Waals surface area contributed by atoms with Crippen LogP contribution in [0.2, 0.25) is 0 Å². The molecular weight excluding hydrogens is 382 g/mol. The largest absolute Gasteiger partial charge is 0.449 e. The van der Waals surface area contributed by atoms with Gasteiger partial charge in [-0.2, -0.15) is 0 Å². The Bertz CT molecular complexity index is 1080. The second-order valence-electron chi connectivity index (χ2n) is 6.17. The minimum absolute atomic E-state index is 0.00348. The van der Waals surface area contributed by atoms with Gasteiger partial charge in [-0.3, -0.25) is 0 Å². The van der Waals surface area contributed by atoms with Gasteiger partial charge in [0.05, 0.1) is 10.5 Å². The van der Waals surface area contributed by atoms with Gasteiger partial charge in [0, 0.05) is 19.7 Å². The van der Waals surface area contributed by atoms with Crippen molar-refractivity contribution in [3.63, 3.8) is 0 Å². The van der Waals surface area contributed by atoms with Crippen LogP contribution in [0.15, 0.2) is 63.9 Å². The van der Waals surface area contributed by atoms with Crippen molar-refractivity contribution in [2.75, 3.05) is 14.1 Å². The average molecular weight is 401 g/mol. The first-order valence-corrected chi connectivity index (χ1v) is 9.85. The fourth-order valence-corrected chi connectivity index (χ4v) is 3.32. The maximum Gasteiger partial charge on any atom is 0.338 e. The average Bonchev–Trinajstić information content (AvgIpc) is 3.19. The first-order valence-electron chi connectivity index (χ1n) is 8.41. The lowest BCUT2D eigenvalue weighted by molar-refractivity contribution is 0.0279. The minimum atomic E-state index is -3.66. The molecule has 0 bridgehead atoms. The van der Waals surface area contributed by atoms with E-state index in [4.69, 9.17) is 9.15 Å². The molecule has 0 radical (unpaired) electrons. The number of hydrogen-bond donors (Lipinski definition) is 0. The zero-order valence-electron chi connectivity index (χ0n) is 15.6. The van der Waals surface area contributed by atoms with Crippen LogP contribution in [0.3, 0.4) is 0 Å². The van der Waals surface area contributed by atoms with Gasteiger partial charge in [0.2, 0.25) is 15.9 Å². The summed E-state index contributed by atoms with van der Waals surface area (Å²) in [6.07, 6.45) is -0.799. The Morgan fingerprint density at radius 3 is 2.46 bits per heavy atom. The predicted molar refractivity (Wildman–Crippen MR) is 101 cm³/mol. The molecule has 3 rings (SSSR count). The molecule has 1 unspecified atom stereocenters. The van der Waals surface area contributed by atoms with E-state index in [-0.39, 0.29) is 16.3 Å². The molecule has 3 aromatic rings. The Morgan fingerprint density at radius 2 is 1.79 bits per heavy atom. The number of nitrogens with zero attached hydrogens (tertiary/aromatic N) is 3. The number of carbonyl (C=O) groups excluding carboxylic acids is 1. The SMILES string of the molecule is CC(OC(=O)c1cccc(S(=O)(=O)N(C)C)c1)c1nnc(-c2ccccc2)o1. The van der Waals surface area contributed by atoms with Gasteiger partial charge < -0.3 is 9.15 Å². The number of esters is 1. The van der Waals surface area contributed by atoms with E-state index in [9.17, 15) is 13.2 Å². The van der Waals surface area contributed by atoms with Crippen LogP contribution < -0.4 is 0 Å². The molecule has 9 heteroatoms. The smallest absolute Gasteiger partial charge is 0.338 e. The number of carbonyl (C=O) groups is 1. The van der Waals surface area contributed by atoms with E-state index in [2.05, 4.69) is 10.2 Å². The van der Waals surface area contributed by atoms with Crippen LogP contribution in [-0.4, -0.2) is 43.0 Å². The molecule has 0 aliphatic rings. The Labute approximate surface area is 162 Å². The van der Waals surface area contributed by atoms with Gasteiger partial charge >= 0.3 is 5.97 Å². The molecule has 1 atom stereocenters. The molecule has 2 aromatic carbocycles. The molecule has 0 saturated carbocycles. The molecule has 0 amide bonds. The summed E-state index contributed by atoms with van der Waals surface area (Å²) in [4.78, 5) is 12.4. The zero-order chi connectivity index (χ0) is 20.3. The summed E-state index contributed by atoms with van der Waals surface area (Å²) in [6.45, 7) is 1.60. The molecular formula is C19H19N3O5S. The van der Waals surface area contributed by atoms with Crippen molar-refractivity contribution in [2.24, 2.45) is 0 Å². The van der Waals surface area contributed by atoms with Crippen LogP contribution >= 0.6 is 0 Å². The number of benzene rings is 2. The standard InChI is InChI=1S/C19H19N3O5S/c1-13(17-20-21-18(27-17)14-8-5-4-6-9-14)26-19(23)15-10-7-11-16(12-15)28(24,25)22(2)3/h4-13H,1-3H3. The third-order valence-electron chi connectivity index (χ3n) is 3.94. The fourth-order valence-electron chi connectivity index (χ4n) is 2.37. The summed E-state index contributed by atoms with van der Waals surface area (Å²) < 4.78 is 36.5. The fraction of sp³-hybridized carbons (Fsp3) is 0.211. The number of rotatable bonds is 6. The minimum Gasteiger partial charge on any atom is -0.449 e. The molecule has 28 heavy (non-hydrogen) atoms. The summed E-state index contributed by atoms with van der Waals surface area (Å²) in [5, 5.41) is 7.88. The van der Waals surface area contributed by atoms with E-state index in [1.165, 1.54) is 38.4 Å². The number of sulfonamides is 1. The Kier molecular flexibility index (Phi) is 5.57. The molecule has 1 heterocycles.